The minimum Gasteiger partial charge on any atom is -0.407 e. The van der Waals surface area contributed by atoms with Crippen molar-refractivity contribution in [2.45, 2.75) is 31.8 Å². The van der Waals surface area contributed by atoms with Gasteiger partial charge in [0.15, 0.2) is 0 Å². The normalized spacial score (nSPS) is 18.8. The van der Waals surface area contributed by atoms with Crippen LogP contribution in [0.4, 0.5) is 6.01 Å². The summed E-state index contributed by atoms with van der Waals surface area (Å²) in [5, 5.41) is 14.2. The highest BCUT2D eigenvalue weighted by molar-refractivity contribution is 5.76. The van der Waals surface area contributed by atoms with E-state index in [4.69, 9.17) is 9.15 Å². The molecule has 21 heavy (non-hydrogen) atoms. The summed E-state index contributed by atoms with van der Waals surface area (Å²) in [6, 6.07) is 0.983. The molecule has 8 nitrogen and oxygen atoms in total. The Hall–Kier alpha value is -1.67. The van der Waals surface area contributed by atoms with E-state index in [1.54, 1.807) is 0 Å². The fourth-order valence-electron chi connectivity index (χ4n) is 2.16. The second-order valence-electron chi connectivity index (χ2n) is 5.33. The van der Waals surface area contributed by atoms with Gasteiger partial charge in [-0.05, 0) is 12.8 Å². The molecule has 1 saturated heterocycles. The summed E-state index contributed by atoms with van der Waals surface area (Å²) in [5.41, 5.74) is 0. The molecule has 1 aromatic heterocycles. The van der Waals surface area contributed by atoms with Crippen molar-refractivity contribution in [3.05, 3.63) is 5.89 Å². The van der Waals surface area contributed by atoms with Crippen molar-refractivity contribution in [1.29, 1.82) is 0 Å². The minimum absolute atomic E-state index is 0.126. The van der Waals surface area contributed by atoms with Gasteiger partial charge in [0.1, 0.15) is 0 Å². The number of amides is 1. The number of aromatic nitrogens is 2. The molecule has 0 unspecified atom stereocenters. The molecule has 0 aromatic carbocycles. The molecule has 0 radical (unpaired) electrons. The molecule has 2 aliphatic rings. The predicted molar refractivity (Wildman–Crippen MR) is 74.7 cm³/mol. The maximum absolute atomic E-state index is 11.9. The van der Waals surface area contributed by atoms with Crippen LogP contribution in [0.15, 0.2) is 4.42 Å². The summed E-state index contributed by atoms with van der Waals surface area (Å²) < 4.78 is 10.7. The molecule has 1 aliphatic carbocycles. The Morgan fingerprint density at radius 2 is 2.10 bits per heavy atom. The Bertz CT molecular complexity index is 468. The zero-order chi connectivity index (χ0) is 14.5. The summed E-state index contributed by atoms with van der Waals surface area (Å²) in [6.45, 7) is 3.70. The van der Waals surface area contributed by atoms with Gasteiger partial charge in [-0.2, -0.15) is 0 Å². The van der Waals surface area contributed by atoms with Gasteiger partial charge in [0.2, 0.25) is 11.8 Å². The maximum Gasteiger partial charge on any atom is 0.315 e. The number of hydrogen-bond acceptors (Lipinski definition) is 7. The van der Waals surface area contributed by atoms with Gasteiger partial charge in [-0.15, -0.1) is 5.10 Å². The van der Waals surface area contributed by atoms with Crippen LogP contribution in [0.25, 0.3) is 0 Å². The first kappa shape index (κ1) is 14.3. The Morgan fingerprint density at radius 3 is 2.86 bits per heavy atom. The van der Waals surface area contributed by atoms with Crippen molar-refractivity contribution in [3.8, 4) is 0 Å². The number of anilines is 1. The van der Waals surface area contributed by atoms with E-state index in [-0.39, 0.29) is 5.91 Å². The van der Waals surface area contributed by atoms with Crippen molar-refractivity contribution < 1.29 is 13.9 Å². The summed E-state index contributed by atoms with van der Waals surface area (Å²) >= 11 is 0. The van der Waals surface area contributed by atoms with Gasteiger partial charge >= 0.3 is 6.01 Å². The maximum atomic E-state index is 11.9. The van der Waals surface area contributed by atoms with E-state index in [0.29, 0.717) is 63.8 Å². The second kappa shape index (κ2) is 6.86. The highest BCUT2D eigenvalue weighted by Crippen LogP contribution is 2.19. The van der Waals surface area contributed by atoms with Gasteiger partial charge in [-0.25, -0.2) is 0 Å². The molecule has 116 valence electrons. The summed E-state index contributed by atoms with van der Waals surface area (Å²) in [6.07, 6.45) is 2.86. The fourth-order valence-corrected chi connectivity index (χ4v) is 2.16. The number of ether oxygens (including phenoxy) is 1. The second-order valence-corrected chi connectivity index (χ2v) is 5.33. The molecule has 1 amide bonds. The lowest BCUT2D eigenvalue weighted by molar-refractivity contribution is -0.134. The number of morpholine rings is 1. The van der Waals surface area contributed by atoms with Crippen molar-refractivity contribution in [2.75, 3.05) is 38.2 Å². The van der Waals surface area contributed by atoms with E-state index in [9.17, 15) is 4.79 Å². The van der Waals surface area contributed by atoms with Gasteiger partial charge in [-0.3, -0.25) is 4.79 Å². The Balaban J connectivity index is 1.35. The predicted octanol–water partition coefficient (Wildman–Crippen LogP) is -0.0176. The largest absolute Gasteiger partial charge is 0.407 e. The molecule has 8 heteroatoms. The third kappa shape index (κ3) is 4.40. The molecule has 0 spiro atoms. The summed E-state index contributed by atoms with van der Waals surface area (Å²) in [5.74, 6) is 0.699. The van der Waals surface area contributed by atoms with Gasteiger partial charge in [-0.1, -0.05) is 5.10 Å². The lowest BCUT2D eigenvalue weighted by Gasteiger charge is -2.26. The van der Waals surface area contributed by atoms with Crippen molar-refractivity contribution in [3.63, 3.8) is 0 Å². The van der Waals surface area contributed by atoms with E-state index in [2.05, 4.69) is 20.8 Å². The van der Waals surface area contributed by atoms with Gasteiger partial charge in [0.05, 0.1) is 19.8 Å². The van der Waals surface area contributed by atoms with E-state index in [1.807, 2.05) is 4.90 Å². The molecular formula is C13H21N5O3. The summed E-state index contributed by atoms with van der Waals surface area (Å²) in [7, 11) is 0. The Labute approximate surface area is 123 Å². The van der Waals surface area contributed by atoms with Crippen LogP contribution in [0.1, 0.15) is 25.2 Å². The molecule has 0 atom stereocenters. The fraction of sp³-hybridized carbons (Fsp3) is 0.769. The third-order valence-electron chi connectivity index (χ3n) is 3.57. The molecule has 1 aromatic rings. The molecule has 2 fully saturated rings. The first-order chi connectivity index (χ1) is 10.3. The van der Waals surface area contributed by atoms with Crippen LogP contribution in [0, 0.1) is 0 Å². The van der Waals surface area contributed by atoms with Crippen LogP contribution in [0.3, 0.4) is 0 Å². The zero-order valence-electron chi connectivity index (χ0n) is 12.0. The van der Waals surface area contributed by atoms with E-state index in [0.717, 1.165) is 0 Å². The van der Waals surface area contributed by atoms with Crippen LogP contribution >= 0.6 is 0 Å². The van der Waals surface area contributed by atoms with Crippen LogP contribution in [0.5, 0.6) is 0 Å². The van der Waals surface area contributed by atoms with E-state index < -0.39 is 0 Å². The quantitative estimate of drug-likeness (QED) is 0.730. The molecule has 2 heterocycles. The van der Waals surface area contributed by atoms with Gasteiger partial charge in [0.25, 0.3) is 0 Å². The van der Waals surface area contributed by atoms with Crippen molar-refractivity contribution >= 4 is 11.9 Å². The average Bonchev–Trinajstić information content (AvgIpc) is 3.25. The van der Waals surface area contributed by atoms with Gasteiger partial charge in [0, 0.05) is 32.1 Å². The Kier molecular flexibility index (Phi) is 4.66. The molecular weight excluding hydrogens is 274 g/mol. The van der Waals surface area contributed by atoms with Crippen LogP contribution < -0.4 is 10.6 Å². The molecule has 1 aliphatic heterocycles. The van der Waals surface area contributed by atoms with E-state index in [1.165, 1.54) is 12.8 Å². The van der Waals surface area contributed by atoms with Crippen molar-refractivity contribution in [1.82, 2.24) is 20.4 Å². The van der Waals surface area contributed by atoms with Crippen LogP contribution in [-0.2, 0) is 16.1 Å². The molecule has 1 saturated carbocycles. The first-order valence-electron chi connectivity index (χ1n) is 7.46. The third-order valence-corrected chi connectivity index (χ3v) is 3.57. The number of nitrogens with zero attached hydrogens (tertiary/aromatic N) is 3. The number of carbonyl (C=O) groups excluding carboxylic acids is 1. The minimum atomic E-state index is 0.126. The Morgan fingerprint density at radius 1 is 1.29 bits per heavy atom. The molecule has 2 N–H and O–H groups in total. The van der Waals surface area contributed by atoms with Crippen molar-refractivity contribution in [2.24, 2.45) is 0 Å². The van der Waals surface area contributed by atoms with E-state index >= 15 is 0 Å². The van der Waals surface area contributed by atoms with Crippen LogP contribution in [-0.4, -0.2) is 59.9 Å². The number of rotatable bonds is 7. The number of nitrogens with one attached hydrogen (secondary N) is 2. The highest BCUT2D eigenvalue weighted by Gasteiger charge is 2.21. The molecule has 3 rings (SSSR count). The monoisotopic (exact) mass is 295 g/mol. The SMILES string of the molecule is O=C(CCNc1nnc(CNC2CC2)o1)N1CCOCC1. The number of hydrogen-bond donors (Lipinski definition) is 2. The van der Waals surface area contributed by atoms with Crippen LogP contribution in [0.2, 0.25) is 0 Å². The average molecular weight is 295 g/mol. The lowest BCUT2D eigenvalue weighted by atomic mass is 10.3. The first-order valence-corrected chi connectivity index (χ1v) is 7.46. The summed E-state index contributed by atoms with van der Waals surface area (Å²) in [4.78, 5) is 13.8. The number of carbonyl (C=O) groups is 1. The highest BCUT2D eigenvalue weighted by atomic mass is 16.5. The smallest absolute Gasteiger partial charge is 0.315 e. The topological polar surface area (TPSA) is 92.5 Å². The van der Waals surface area contributed by atoms with Gasteiger partial charge < -0.3 is 24.7 Å². The zero-order valence-corrected chi connectivity index (χ0v) is 12.0. The lowest BCUT2D eigenvalue weighted by Crippen LogP contribution is -2.41. The molecule has 0 bridgehead atoms. The standard InChI is InChI=1S/C13H21N5O3/c19-12(18-5-7-20-8-6-18)3-4-14-13-17-16-11(21-13)9-15-10-1-2-10/h10,15H,1-9H2,(H,14,17).